The van der Waals surface area contributed by atoms with Crippen LogP contribution in [-0.2, 0) is 0 Å². The summed E-state index contributed by atoms with van der Waals surface area (Å²) in [6.45, 7) is 2.21. The minimum absolute atomic E-state index is 0.831. The van der Waals surface area contributed by atoms with Crippen molar-refractivity contribution in [2.24, 2.45) is 0 Å². The summed E-state index contributed by atoms with van der Waals surface area (Å²) in [4.78, 5) is 5.03. The van der Waals surface area contributed by atoms with E-state index in [9.17, 15) is 0 Å². The maximum absolute atomic E-state index is 5.84. The molecule has 1 aliphatic rings. The molecule has 1 aliphatic heterocycles. The molecule has 5 nitrogen and oxygen atoms in total. The highest BCUT2D eigenvalue weighted by molar-refractivity contribution is 7.81. The van der Waals surface area contributed by atoms with Crippen LogP contribution in [-0.4, -0.2) is 33.2 Å². The van der Waals surface area contributed by atoms with Crippen LogP contribution in [0.15, 0.2) is 60.3 Å². The second-order valence-electron chi connectivity index (χ2n) is 7.69. The number of benzene rings is 2. The molecule has 2 aromatic rings. The fourth-order valence-corrected chi connectivity index (χ4v) is 3.49. The van der Waals surface area contributed by atoms with Gasteiger partial charge in [-0.2, -0.15) is 0 Å². The summed E-state index contributed by atoms with van der Waals surface area (Å²) >= 11 is 5.84. The van der Waals surface area contributed by atoms with Crippen molar-refractivity contribution >= 4 is 40.0 Å². The van der Waals surface area contributed by atoms with E-state index in [2.05, 4.69) is 96.1 Å². The predicted octanol–water partition coefficient (Wildman–Crippen LogP) is 4.97. The van der Waals surface area contributed by atoms with Gasteiger partial charge in [-0.25, -0.2) is 5.01 Å². The van der Waals surface area contributed by atoms with E-state index < -0.39 is 0 Å². The second kappa shape index (κ2) is 9.29. The van der Waals surface area contributed by atoms with Crippen molar-refractivity contribution in [1.82, 2.24) is 5.53 Å². The lowest BCUT2D eigenvalue weighted by Gasteiger charge is -2.38. The van der Waals surface area contributed by atoms with Gasteiger partial charge in [0.1, 0.15) is 4.99 Å². The van der Waals surface area contributed by atoms with E-state index in [1.54, 1.807) is 0 Å². The number of nitrogens with one attached hydrogen (secondary N) is 1. The zero-order valence-corrected chi connectivity index (χ0v) is 18.8. The number of hydrazine groups is 2. The quantitative estimate of drug-likeness (QED) is 0.649. The number of nitrogens with zero attached hydrogens (tertiary/aromatic N) is 4. The van der Waals surface area contributed by atoms with Gasteiger partial charge in [-0.3, -0.25) is 5.01 Å². The maximum atomic E-state index is 5.84. The van der Waals surface area contributed by atoms with E-state index in [0.717, 1.165) is 41.3 Å². The summed E-state index contributed by atoms with van der Waals surface area (Å²) in [7, 11) is 8.19. The fourth-order valence-electron chi connectivity index (χ4n) is 3.19. The van der Waals surface area contributed by atoms with Gasteiger partial charge in [0.25, 0.3) is 0 Å². The highest BCUT2D eigenvalue weighted by Crippen LogP contribution is 2.28. The van der Waals surface area contributed by atoms with Gasteiger partial charge in [-0.1, -0.05) is 25.6 Å². The maximum Gasteiger partial charge on any atom is 0.127 e. The van der Waals surface area contributed by atoms with Crippen LogP contribution in [0, 0.1) is 0 Å². The Hall–Kier alpha value is -2.57. The van der Waals surface area contributed by atoms with Gasteiger partial charge in [0, 0.05) is 51.3 Å². The molecular formula is C23H31N5S. The molecule has 0 aliphatic carbocycles. The Morgan fingerprint density at radius 2 is 1.34 bits per heavy atom. The number of thiocarbonyl (C=S) groups is 1. The molecule has 0 atom stereocenters. The third kappa shape index (κ3) is 4.89. The van der Waals surface area contributed by atoms with Crippen molar-refractivity contribution in [2.75, 3.05) is 48.0 Å². The van der Waals surface area contributed by atoms with Gasteiger partial charge in [0.15, 0.2) is 0 Å². The lowest BCUT2D eigenvalue weighted by atomic mass is 10.1. The lowest BCUT2D eigenvalue weighted by Crippen LogP contribution is -2.54. The van der Waals surface area contributed by atoms with Crippen LogP contribution in [0.25, 0.3) is 0 Å². The van der Waals surface area contributed by atoms with Crippen molar-refractivity contribution in [3.05, 3.63) is 60.3 Å². The molecule has 0 unspecified atom stereocenters. The molecule has 0 spiro atoms. The molecule has 1 N–H and O–H groups in total. The monoisotopic (exact) mass is 409 g/mol. The van der Waals surface area contributed by atoms with Gasteiger partial charge in [-0.15, -0.1) is 5.53 Å². The molecule has 0 radical (unpaired) electrons. The van der Waals surface area contributed by atoms with Crippen LogP contribution in [0.4, 0.5) is 22.7 Å². The molecule has 6 heteroatoms. The molecular weight excluding hydrogens is 378 g/mol. The number of hydrogen-bond acceptors (Lipinski definition) is 5. The largest absolute Gasteiger partial charge is 0.378 e. The number of rotatable bonds is 7. The van der Waals surface area contributed by atoms with Crippen molar-refractivity contribution in [3.8, 4) is 0 Å². The Balaban J connectivity index is 1.92. The van der Waals surface area contributed by atoms with Gasteiger partial charge in [0.2, 0.25) is 0 Å². The molecule has 3 rings (SSSR count). The molecule has 29 heavy (non-hydrogen) atoms. The first-order valence-electron chi connectivity index (χ1n) is 10.1. The van der Waals surface area contributed by atoms with Crippen molar-refractivity contribution in [3.63, 3.8) is 0 Å². The summed E-state index contributed by atoms with van der Waals surface area (Å²) in [5.41, 5.74) is 9.07. The van der Waals surface area contributed by atoms with Crippen molar-refractivity contribution in [2.45, 2.75) is 26.2 Å². The Morgan fingerprint density at radius 1 is 0.828 bits per heavy atom. The van der Waals surface area contributed by atoms with E-state index in [1.165, 1.54) is 11.3 Å². The topological polar surface area (TPSA) is 25.0 Å². The van der Waals surface area contributed by atoms with E-state index >= 15 is 0 Å². The predicted molar refractivity (Wildman–Crippen MR) is 130 cm³/mol. The number of anilines is 4. The summed E-state index contributed by atoms with van der Waals surface area (Å²) in [5, 5.41) is 4.06. The Morgan fingerprint density at radius 3 is 1.83 bits per heavy atom. The molecule has 1 heterocycles. The Kier molecular flexibility index (Phi) is 6.77. The molecule has 0 amide bonds. The minimum Gasteiger partial charge on any atom is -0.378 e. The molecule has 0 saturated carbocycles. The zero-order chi connectivity index (χ0) is 21.0. The molecule has 0 aromatic heterocycles. The van der Waals surface area contributed by atoms with E-state index in [0.29, 0.717) is 0 Å². The summed E-state index contributed by atoms with van der Waals surface area (Å²) < 4.78 is 0. The summed E-state index contributed by atoms with van der Waals surface area (Å²) in [5.74, 6) is 0. The number of unbranched alkanes of at least 4 members (excludes halogenated alkanes) is 1. The van der Waals surface area contributed by atoms with E-state index in [1.807, 2.05) is 19.1 Å². The first-order chi connectivity index (χ1) is 13.9. The third-order valence-corrected chi connectivity index (χ3v) is 5.48. The van der Waals surface area contributed by atoms with Gasteiger partial charge in [0.05, 0.1) is 11.4 Å². The SMILES string of the molecule is CCCCC1=CN(c2ccc(N(C)C)cc2)NN(c2ccc(N(C)C)cc2)C1=S. The minimum atomic E-state index is 0.831. The Bertz CT molecular complexity index is 856. The lowest BCUT2D eigenvalue weighted by molar-refractivity contribution is 0.702. The van der Waals surface area contributed by atoms with Crippen molar-refractivity contribution in [1.29, 1.82) is 0 Å². The molecule has 0 fully saturated rings. The fraction of sp³-hybridized carbons (Fsp3) is 0.348. The van der Waals surface area contributed by atoms with Crippen LogP contribution in [0.5, 0.6) is 0 Å². The van der Waals surface area contributed by atoms with Crippen LogP contribution in [0.3, 0.4) is 0 Å². The molecule has 154 valence electrons. The standard InChI is InChI=1S/C23H31N5S/c1-6-7-8-18-17-27(21-13-9-19(10-14-21)25(2)3)24-28(23(18)29)22-15-11-20(12-16-22)26(4)5/h9-17,24H,6-8H2,1-5H3. The first kappa shape index (κ1) is 21.1. The van der Waals surface area contributed by atoms with E-state index in [4.69, 9.17) is 12.2 Å². The average molecular weight is 410 g/mol. The van der Waals surface area contributed by atoms with Crippen LogP contribution >= 0.6 is 12.2 Å². The summed E-state index contributed by atoms with van der Waals surface area (Å²) in [6.07, 6.45) is 5.36. The Labute approximate surface area is 180 Å². The van der Waals surface area contributed by atoms with Crippen LogP contribution < -0.4 is 25.4 Å². The smallest absolute Gasteiger partial charge is 0.127 e. The number of hydrogen-bond donors (Lipinski definition) is 1. The molecule has 2 aromatic carbocycles. The van der Waals surface area contributed by atoms with E-state index in [-0.39, 0.29) is 0 Å². The molecule has 0 bridgehead atoms. The summed E-state index contributed by atoms with van der Waals surface area (Å²) in [6, 6.07) is 16.9. The van der Waals surface area contributed by atoms with Gasteiger partial charge in [-0.05, 0) is 61.4 Å². The normalized spacial score (nSPS) is 14.1. The zero-order valence-electron chi connectivity index (χ0n) is 18.0. The third-order valence-electron chi connectivity index (χ3n) is 5.04. The first-order valence-corrected chi connectivity index (χ1v) is 10.5. The van der Waals surface area contributed by atoms with Crippen LogP contribution in [0.1, 0.15) is 26.2 Å². The molecule has 0 saturated heterocycles. The second-order valence-corrected chi connectivity index (χ2v) is 8.08. The van der Waals surface area contributed by atoms with Crippen LogP contribution in [0.2, 0.25) is 0 Å². The van der Waals surface area contributed by atoms with Crippen molar-refractivity contribution < 1.29 is 0 Å². The highest BCUT2D eigenvalue weighted by Gasteiger charge is 2.24. The van der Waals surface area contributed by atoms with Gasteiger partial charge >= 0.3 is 0 Å². The average Bonchev–Trinajstić information content (AvgIpc) is 2.73. The highest BCUT2D eigenvalue weighted by atomic mass is 32.1. The van der Waals surface area contributed by atoms with Gasteiger partial charge < -0.3 is 9.80 Å².